The Balaban J connectivity index is 1.88. The number of nitrogens with one attached hydrogen (secondary N) is 2. The summed E-state index contributed by atoms with van der Waals surface area (Å²) in [6.45, 7) is 6.25. The Morgan fingerprint density at radius 2 is 2.45 bits per heavy atom. The van der Waals surface area contributed by atoms with E-state index in [0.717, 1.165) is 23.1 Å². The fourth-order valence-electron chi connectivity index (χ4n) is 2.68. The number of piperidine rings is 1. The number of carbonyl (C=O) groups excluding carboxylic acids is 1. The van der Waals surface area contributed by atoms with Gasteiger partial charge in [0.1, 0.15) is 5.82 Å². The number of nitrogens with zero attached hydrogens (tertiary/aromatic N) is 1. The number of carbonyl (C=O) groups is 1. The summed E-state index contributed by atoms with van der Waals surface area (Å²) in [4.78, 5) is 16.4. The zero-order valence-corrected chi connectivity index (χ0v) is 13.7. The van der Waals surface area contributed by atoms with Crippen LogP contribution in [0.4, 0.5) is 5.82 Å². The number of amides is 1. The molecule has 2 N–H and O–H groups in total. The molecule has 2 atom stereocenters. The lowest BCUT2D eigenvalue weighted by Crippen LogP contribution is -2.34. The van der Waals surface area contributed by atoms with Crippen LogP contribution in [-0.4, -0.2) is 24.0 Å². The summed E-state index contributed by atoms with van der Waals surface area (Å²) in [5.74, 6) is 1.72. The van der Waals surface area contributed by atoms with Gasteiger partial charge in [-0.05, 0) is 72.3 Å². The van der Waals surface area contributed by atoms with Crippen molar-refractivity contribution in [3.05, 3.63) is 22.3 Å². The van der Waals surface area contributed by atoms with E-state index in [4.69, 9.17) is 0 Å². The summed E-state index contributed by atoms with van der Waals surface area (Å²) in [5.41, 5.74) is 0.972. The second kappa shape index (κ2) is 7.18. The van der Waals surface area contributed by atoms with Crippen LogP contribution in [0.1, 0.15) is 31.7 Å². The molecule has 0 radical (unpaired) electrons. The molecule has 2 heterocycles. The van der Waals surface area contributed by atoms with Crippen LogP contribution < -0.4 is 10.6 Å². The van der Waals surface area contributed by atoms with E-state index in [1.54, 1.807) is 6.20 Å². The molecule has 110 valence electrons. The molecule has 1 aliphatic rings. The molecule has 0 saturated carbocycles. The summed E-state index contributed by atoms with van der Waals surface area (Å²) in [6.07, 6.45) is 4.70. The van der Waals surface area contributed by atoms with Gasteiger partial charge in [-0.3, -0.25) is 4.79 Å². The van der Waals surface area contributed by atoms with Crippen LogP contribution in [0.5, 0.6) is 0 Å². The van der Waals surface area contributed by atoms with Gasteiger partial charge in [-0.25, -0.2) is 4.98 Å². The van der Waals surface area contributed by atoms with Gasteiger partial charge < -0.3 is 10.6 Å². The van der Waals surface area contributed by atoms with E-state index in [0.29, 0.717) is 24.1 Å². The molecule has 1 aliphatic heterocycles. The van der Waals surface area contributed by atoms with Crippen molar-refractivity contribution < 1.29 is 4.79 Å². The van der Waals surface area contributed by atoms with E-state index >= 15 is 0 Å². The molecular formula is C15H22BrN3O. The number of aromatic nitrogens is 1. The minimum atomic E-state index is 0.0565. The van der Waals surface area contributed by atoms with Crippen LogP contribution in [0.2, 0.25) is 0 Å². The lowest BCUT2D eigenvalue weighted by molar-refractivity contribution is -0.117. The molecule has 4 nitrogen and oxygen atoms in total. The number of pyridine rings is 1. The molecule has 1 saturated heterocycles. The predicted octanol–water partition coefficient (Wildman–Crippen LogP) is 3.12. The Morgan fingerprint density at radius 3 is 3.10 bits per heavy atom. The van der Waals surface area contributed by atoms with Crippen molar-refractivity contribution in [1.29, 1.82) is 0 Å². The van der Waals surface area contributed by atoms with Gasteiger partial charge >= 0.3 is 0 Å². The third-order valence-electron chi connectivity index (χ3n) is 3.95. The molecule has 2 rings (SSSR count). The van der Waals surface area contributed by atoms with Crippen molar-refractivity contribution in [3.63, 3.8) is 0 Å². The van der Waals surface area contributed by atoms with E-state index in [-0.39, 0.29) is 5.91 Å². The summed E-state index contributed by atoms with van der Waals surface area (Å²) in [5, 5.41) is 6.32. The van der Waals surface area contributed by atoms with Crippen LogP contribution in [0.3, 0.4) is 0 Å². The zero-order chi connectivity index (χ0) is 14.5. The molecule has 2 unspecified atom stereocenters. The fraction of sp³-hybridized carbons (Fsp3) is 0.600. The van der Waals surface area contributed by atoms with E-state index in [1.165, 1.54) is 12.8 Å². The smallest absolute Gasteiger partial charge is 0.225 e. The summed E-state index contributed by atoms with van der Waals surface area (Å²) < 4.78 is 0.926. The predicted molar refractivity (Wildman–Crippen MR) is 84.7 cm³/mol. The number of halogens is 1. The van der Waals surface area contributed by atoms with Crippen molar-refractivity contribution in [2.45, 2.75) is 33.1 Å². The maximum atomic E-state index is 12.1. The van der Waals surface area contributed by atoms with Crippen molar-refractivity contribution in [1.82, 2.24) is 10.3 Å². The van der Waals surface area contributed by atoms with Crippen molar-refractivity contribution in [2.24, 2.45) is 11.8 Å². The Labute approximate surface area is 128 Å². The molecule has 1 amide bonds. The number of hydrogen-bond acceptors (Lipinski definition) is 3. The van der Waals surface area contributed by atoms with Crippen molar-refractivity contribution >= 4 is 27.7 Å². The van der Waals surface area contributed by atoms with E-state index in [2.05, 4.69) is 38.5 Å². The molecule has 5 heteroatoms. The summed E-state index contributed by atoms with van der Waals surface area (Å²) >= 11 is 3.37. The van der Waals surface area contributed by atoms with Gasteiger partial charge in [0.2, 0.25) is 5.91 Å². The van der Waals surface area contributed by atoms with Crippen LogP contribution >= 0.6 is 15.9 Å². The summed E-state index contributed by atoms with van der Waals surface area (Å²) in [6, 6.07) is 1.96. The first-order chi connectivity index (χ1) is 9.56. The van der Waals surface area contributed by atoms with Gasteiger partial charge in [-0.2, -0.15) is 0 Å². The molecule has 0 bridgehead atoms. The maximum absolute atomic E-state index is 12.1. The molecular weight excluding hydrogens is 318 g/mol. The molecule has 1 aromatic heterocycles. The van der Waals surface area contributed by atoms with Crippen LogP contribution in [0, 0.1) is 18.8 Å². The highest BCUT2D eigenvalue weighted by Gasteiger charge is 2.22. The largest absolute Gasteiger partial charge is 0.316 e. The first-order valence-electron chi connectivity index (χ1n) is 7.19. The SMILES string of the molecule is Cc1cc(Br)cnc1NC(=O)CC(C)C1CCCNC1. The van der Waals surface area contributed by atoms with Crippen LogP contribution in [0.25, 0.3) is 0 Å². The zero-order valence-electron chi connectivity index (χ0n) is 12.1. The highest BCUT2D eigenvalue weighted by molar-refractivity contribution is 9.10. The highest BCUT2D eigenvalue weighted by atomic mass is 79.9. The normalized spacial score (nSPS) is 20.4. The maximum Gasteiger partial charge on any atom is 0.225 e. The number of rotatable bonds is 4. The monoisotopic (exact) mass is 339 g/mol. The van der Waals surface area contributed by atoms with Gasteiger partial charge in [0, 0.05) is 17.1 Å². The molecule has 0 aromatic carbocycles. The lowest BCUT2D eigenvalue weighted by atomic mass is 9.85. The standard InChI is InChI=1S/C15H22BrN3O/c1-10(12-4-3-5-17-8-12)7-14(20)19-15-11(2)6-13(16)9-18-15/h6,9-10,12,17H,3-5,7-8H2,1-2H3,(H,18,19,20). The topological polar surface area (TPSA) is 54.0 Å². The average molecular weight is 340 g/mol. The van der Waals surface area contributed by atoms with Gasteiger partial charge in [-0.1, -0.05) is 6.92 Å². The highest BCUT2D eigenvalue weighted by Crippen LogP contribution is 2.23. The third kappa shape index (κ3) is 4.28. The Bertz CT molecular complexity index is 472. The fourth-order valence-corrected chi connectivity index (χ4v) is 3.12. The average Bonchev–Trinajstić information content (AvgIpc) is 2.43. The Hall–Kier alpha value is -0.940. The lowest BCUT2D eigenvalue weighted by Gasteiger charge is -2.28. The van der Waals surface area contributed by atoms with E-state index < -0.39 is 0 Å². The van der Waals surface area contributed by atoms with Gasteiger partial charge in [0.25, 0.3) is 0 Å². The minimum Gasteiger partial charge on any atom is -0.316 e. The quantitative estimate of drug-likeness (QED) is 0.886. The van der Waals surface area contributed by atoms with Crippen LogP contribution in [-0.2, 0) is 4.79 Å². The Kier molecular flexibility index (Phi) is 5.54. The van der Waals surface area contributed by atoms with E-state index in [1.807, 2.05) is 13.0 Å². The second-order valence-corrected chi connectivity index (χ2v) is 6.57. The molecule has 20 heavy (non-hydrogen) atoms. The second-order valence-electron chi connectivity index (χ2n) is 5.66. The van der Waals surface area contributed by atoms with E-state index in [9.17, 15) is 4.79 Å². The van der Waals surface area contributed by atoms with Gasteiger partial charge in [-0.15, -0.1) is 0 Å². The van der Waals surface area contributed by atoms with Gasteiger partial charge in [0.15, 0.2) is 0 Å². The molecule has 0 aliphatic carbocycles. The van der Waals surface area contributed by atoms with Crippen molar-refractivity contribution in [3.8, 4) is 0 Å². The first-order valence-corrected chi connectivity index (χ1v) is 7.98. The van der Waals surface area contributed by atoms with Gasteiger partial charge in [0.05, 0.1) is 0 Å². The van der Waals surface area contributed by atoms with Crippen LogP contribution in [0.15, 0.2) is 16.7 Å². The summed E-state index contributed by atoms with van der Waals surface area (Å²) in [7, 11) is 0. The minimum absolute atomic E-state index is 0.0565. The number of anilines is 1. The molecule has 1 aromatic rings. The molecule has 0 spiro atoms. The Morgan fingerprint density at radius 1 is 1.65 bits per heavy atom. The first kappa shape index (κ1) is 15.4. The molecule has 1 fully saturated rings. The number of aryl methyl sites for hydroxylation is 1. The third-order valence-corrected chi connectivity index (χ3v) is 4.38. The number of hydrogen-bond donors (Lipinski definition) is 2. The van der Waals surface area contributed by atoms with Crippen molar-refractivity contribution in [2.75, 3.05) is 18.4 Å².